The average Bonchev–Trinajstić information content (AvgIpc) is 2.85. The molecule has 1 unspecified atom stereocenters. The fraction of sp³-hybridized carbons (Fsp3) is 0.471. The van der Waals surface area contributed by atoms with Gasteiger partial charge in [0.25, 0.3) is 0 Å². The summed E-state index contributed by atoms with van der Waals surface area (Å²) in [5.41, 5.74) is 3.53. The Morgan fingerprint density at radius 1 is 1.20 bits per heavy atom. The van der Waals surface area contributed by atoms with Gasteiger partial charge in [-0.05, 0) is 49.9 Å². The van der Waals surface area contributed by atoms with Gasteiger partial charge in [0.05, 0.1) is 11.4 Å². The first-order valence-electron chi connectivity index (χ1n) is 7.40. The Bertz CT molecular complexity index is 543. The van der Waals surface area contributed by atoms with Gasteiger partial charge in [0.15, 0.2) is 0 Å². The maximum absolute atomic E-state index is 5.86. The Labute approximate surface area is 121 Å². The van der Waals surface area contributed by atoms with E-state index in [4.69, 9.17) is 4.74 Å². The topological polar surface area (TPSA) is 27.1 Å². The summed E-state index contributed by atoms with van der Waals surface area (Å²) in [5.74, 6) is 1.52. The van der Waals surface area contributed by atoms with Crippen molar-refractivity contribution in [1.29, 1.82) is 0 Å². The summed E-state index contributed by atoms with van der Waals surface area (Å²) in [7, 11) is 0. The van der Waals surface area contributed by atoms with Gasteiger partial charge in [-0.3, -0.25) is 4.68 Å². The van der Waals surface area contributed by atoms with Gasteiger partial charge in [-0.15, -0.1) is 0 Å². The summed E-state index contributed by atoms with van der Waals surface area (Å²) in [6, 6.07) is 10.5. The number of hydrogen-bond acceptors (Lipinski definition) is 2. The Kier molecular flexibility index (Phi) is 4.83. The minimum atomic E-state index is 0.567. The van der Waals surface area contributed by atoms with Crippen molar-refractivity contribution in [2.24, 2.45) is 0 Å². The van der Waals surface area contributed by atoms with Gasteiger partial charge in [-0.2, -0.15) is 5.10 Å². The minimum absolute atomic E-state index is 0.567. The molecule has 1 heterocycles. The third-order valence-electron chi connectivity index (χ3n) is 3.73. The minimum Gasteiger partial charge on any atom is -0.487 e. The van der Waals surface area contributed by atoms with Gasteiger partial charge in [-0.1, -0.05) is 26.0 Å². The van der Waals surface area contributed by atoms with E-state index in [-0.39, 0.29) is 0 Å². The van der Waals surface area contributed by atoms with Gasteiger partial charge in [0.2, 0.25) is 0 Å². The van der Waals surface area contributed by atoms with Crippen molar-refractivity contribution in [3.05, 3.63) is 47.3 Å². The van der Waals surface area contributed by atoms with Crippen LogP contribution in [0.1, 0.15) is 50.1 Å². The molecule has 0 saturated heterocycles. The molecule has 0 amide bonds. The molecule has 0 aliphatic heterocycles. The van der Waals surface area contributed by atoms with Crippen LogP contribution in [0, 0.1) is 6.92 Å². The number of hydrogen-bond donors (Lipinski definition) is 0. The van der Waals surface area contributed by atoms with E-state index in [2.05, 4.69) is 56.2 Å². The Morgan fingerprint density at radius 3 is 2.50 bits per heavy atom. The highest BCUT2D eigenvalue weighted by molar-refractivity contribution is 5.29. The molecule has 0 aliphatic carbocycles. The van der Waals surface area contributed by atoms with E-state index < -0.39 is 0 Å². The van der Waals surface area contributed by atoms with Gasteiger partial charge in [0, 0.05) is 6.54 Å². The molecule has 108 valence electrons. The van der Waals surface area contributed by atoms with E-state index >= 15 is 0 Å². The van der Waals surface area contributed by atoms with Crippen molar-refractivity contribution in [3.63, 3.8) is 0 Å². The van der Waals surface area contributed by atoms with Crippen molar-refractivity contribution in [2.45, 2.75) is 53.2 Å². The van der Waals surface area contributed by atoms with E-state index in [1.807, 2.05) is 11.6 Å². The smallest absolute Gasteiger partial charge is 0.130 e. The van der Waals surface area contributed by atoms with Crippen LogP contribution in [0.4, 0.5) is 0 Å². The van der Waals surface area contributed by atoms with Gasteiger partial charge in [0.1, 0.15) is 12.4 Å². The first-order chi connectivity index (χ1) is 9.63. The first-order valence-corrected chi connectivity index (χ1v) is 7.40. The van der Waals surface area contributed by atoms with E-state index in [0.29, 0.717) is 12.5 Å². The maximum atomic E-state index is 5.86. The molecular formula is C17H24N2O. The number of ether oxygens (including phenoxy) is 1. The molecule has 2 rings (SSSR count). The van der Waals surface area contributed by atoms with Crippen LogP contribution in [0.25, 0.3) is 0 Å². The molecule has 20 heavy (non-hydrogen) atoms. The number of aryl methyl sites for hydroxylation is 2. The molecule has 0 radical (unpaired) electrons. The van der Waals surface area contributed by atoms with Crippen molar-refractivity contribution in [2.75, 3.05) is 0 Å². The van der Waals surface area contributed by atoms with E-state index in [9.17, 15) is 0 Å². The normalized spacial score (nSPS) is 12.4. The third-order valence-corrected chi connectivity index (χ3v) is 3.73. The van der Waals surface area contributed by atoms with Crippen molar-refractivity contribution < 1.29 is 4.74 Å². The third kappa shape index (κ3) is 3.41. The lowest BCUT2D eigenvalue weighted by Crippen LogP contribution is -2.06. The molecule has 0 bridgehead atoms. The second-order valence-electron chi connectivity index (χ2n) is 5.26. The Morgan fingerprint density at radius 2 is 1.90 bits per heavy atom. The highest BCUT2D eigenvalue weighted by atomic mass is 16.5. The largest absolute Gasteiger partial charge is 0.487 e. The monoisotopic (exact) mass is 272 g/mol. The first kappa shape index (κ1) is 14.6. The molecule has 1 atom stereocenters. The quantitative estimate of drug-likeness (QED) is 0.783. The standard InChI is InChI=1S/C17H24N2O/c1-5-13(3)15-7-9-17(10-8-15)20-12-16-11-14(4)18-19(16)6-2/h7-11,13H,5-6,12H2,1-4H3. The summed E-state index contributed by atoms with van der Waals surface area (Å²) in [5, 5.41) is 4.43. The van der Waals surface area contributed by atoms with Crippen LogP contribution in [0.5, 0.6) is 5.75 Å². The van der Waals surface area contributed by atoms with Crippen LogP contribution in [0.3, 0.4) is 0 Å². The highest BCUT2D eigenvalue weighted by Gasteiger charge is 2.06. The summed E-state index contributed by atoms with van der Waals surface area (Å²) < 4.78 is 7.84. The fourth-order valence-electron chi connectivity index (χ4n) is 2.27. The van der Waals surface area contributed by atoms with E-state index in [1.165, 1.54) is 5.56 Å². The summed E-state index contributed by atoms with van der Waals surface area (Å²) in [6.07, 6.45) is 1.16. The lowest BCUT2D eigenvalue weighted by molar-refractivity contribution is 0.292. The molecular weight excluding hydrogens is 248 g/mol. The molecule has 1 aromatic heterocycles. The zero-order valence-electron chi connectivity index (χ0n) is 12.9. The maximum Gasteiger partial charge on any atom is 0.130 e. The summed E-state index contributed by atoms with van der Waals surface area (Å²) in [4.78, 5) is 0. The predicted molar refractivity (Wildman–Crippen MR) is 82.1 cm³/mol. The van der Waals surface area contributed by atoms with Crippen LogP contribution in [-0.4, -0.2) is 9.78 Å². The summed E-state index contributed by atoms with van der Waals surface area (Å²) in [6.45, 7) is 10.0. The zero-order valence-corrected chi connectivity index (χ0v) is 12.9. The molecule has 0 spiro atoms. The number of aromatic nitrogens is 2. The van der Waals surface area contributed by atoms with Crippen molar-refractivity contribution >= 4 is 0 Å². The second-order valence-corrected chi connectivity index (χ2v) is 5.26. The zero-order chi connectivity index (χ0) is 14.5. The Balaban J connectivity index is 2.00. The van der Waals surface area contributed by atoms with Gasteiger partial charge < -0.3 is 4.74 Å². The molecule has 3 heteroatoms. The van der Waals surface area contributed by atoms with E-state index in [1.54, 1.807) is 0 Å². The van der Waals surface area contributed by atoms with Crippen LogP contribution in [0.2, 0.25) is 0 Å². The second kappa shape index (κ2) is 6.60. The lowest BCUT2D eigenvalue weighted by Gasteiger charge is -2.11. The molecule has 1 aromatic carbocycles. The van der Waals surface area contributed by atoms with Crippen LogP contribution in [-0.2, 0) is 13.2 Å². The molecule has 0 saturated carbocycles. The fourth-order valence-corrected chi connectivity index (χ4v) is 2.27. The van der Waals surface area contributed by atoms with Crippen LogP contribution in [0.15, 0.2) is 30.3 Å². The molecule has 2 aromatic rings. The number of rotatable bonds is 6. The van der Waals surface area contributed by atoms with Gasteiger partial charge in [-0.25, -0.2) is 0 Å². The number of nitrogens with zero attached hydrogens (tertiary/aromatic N) is 2. The Hall–Kier alpha value is -1.77. The number of benzene rings is 1. The highest BCUT2D eigenvalue weighted by Crippen LogP contribution is 2.22. The van der Waals surface area contributed by atoms with Crippen LogP contribution >= 0.6 is 0 Å². The van der Waals surface area contributed by atoms with Crippen molar-refractivity contribution in [3.8, 4) is 5.75 Å². The SMILES string of the molecule is CCC(C)c1ccc(OCc2cc(C)nn2CC)cc1. The molecule has 0 aliphatic rings. The molecule has 0 N–H and O–H groups in total. The molecule has 3 nitrogen and oxygen atoms in total. The van der Waals surface area contributed by atoms with E-state index in [0.717, 1.165) is 30.1 Å². The average molecular weight is 272 g/mol. The van der Waals surface area contributed by atoms with Crippen LogP contribution < -0.4 is 4.74 Å². The van der Waals surface area contributed by atoms with Crippen molar-refractivity contribution in [1.82, 2.24) is 9.78 Å². The summed E-state index contributed by atoms with van der Waals surface area (Å²) >= 11 is 0. The predicted octanol–water partition coefficient (Wildman–Crippen LogP) is 4.30. The van der Waals surface area contributed by atoms with Gasteiger partial charge >= 0.3 is 0 Å². The lowest BCUT2D eigenvalue weighted by atomic mass is 9.99. The molecule has 0 fully saturated rings.